The van der Waals surface area contributed by atoms with E-state index in [1.54, 1.807) is 0 Å². The summed E-state index contributed by atoms with van der Waals surface area (Å²) in [4.78, 5) is 1.47. The molecular weight excluding hydrogens is 214 g/mol. The molecule has 1 aliphatic heterocycles. The number of thioether (sulfide) groups is 1. The van der Waals surface area contributed by atoms with Crippen molar-refractivity contribution in [2.45, 2.75) is 43.9 Å². The van der Waals surface area contributed by atoms with Gasteiger partial charge in [-0.2, -0.15) is 0 Å². The van der Waals surface area contributed by atoms with Gasteiger partial charge < -0.3 is 5.32 Å². The molecule has 0 spiro atoms. The zero-order valence-corrected chi connectivity index (χ0v) is 11.6. The fourth-order valence-corrected chi connectivity index (χ4v) is 3.78. The predicted molar refractivity (Wildman–Crippen MR) is 72.2 cm³/mol. The van der Waals surface area contributed by atoms with E-state index in [1.165, 1.54) is 21.6 Å². The smallest absolute Gasteiger partial charge is 0.0365 e. The lowest BCUT2D eigenvalue weighted by Crippen LogP contribution is -2.32. The molecule has 0 radical (unpaired) electrons. The summed E-state index contributed by atoms with van der Waals surface area (Å²) < 4.78 is 0. The standard InChI is InChI=1S/C14H21NS/c1-8-6-12-13(7-9(8)2)16-11(4)10(3)14(12)15-5/h6-7,10-11,14-15H,1-5H3. The van der Waals surface area contributed by atoms with Gasteiger partial charge in [-0.1, -0.05) is 19.9 Å². The minimum atomic E-state index is 0.505. The third kappa shape index (κ3) is 1.89. The highest BCUT2D eigenvalue weighted by Gasteiger charge is 2.31. The summed E-state index contributed by atoms with van der Waals surface area (Å²) in [6, 6.07) is 5.22. The molecule has 1 nitrogen and oxygen atoms in total. The Hall–Kier alpha value is -0.470. The van der Waals surface area contributed by atoms with Crippen molar-refractivity contribution in [2.24, 2.45) is 5.92 Å². The number of hydrogen-bond donors (Lipinski definition) is 1. The van der Waals surface area contributed by atoms with Crippen LogP contribution in [0.15, 0.2) is 17.0 Å². The lowest BCUT2D eigenvalue weighted by Gasteiger charge is -2.36. The van der Waals surface area contributed by atoms with Gasteiger partial charge in [0.2, 0.25) is 0 Å². The molecule has 1 N–H and O–H groups in total. The fraction of sp³-hybridized carbons (Fsp3) is 0.571. The van der Waals surface area contributed by atoms with E-state index in [4.69, 9.17) is 0 Å². The molecule has 16 heavy (non-hydrogen) atoms. The first-order valence-corrected chi connectivity index (χ1v) is 6.87. The minimum absolute atomic E-state index is 0.505. The summed E-state index contributed by atoms with van der Waals surface area (Å²) in [7, 11) is 2.07. The quantitative estimate of drug-likeness (QED) is 0.796. The fourth-order valence-electron chi connectivity index (χ4n) is 2.44. The van der Waals surface area contributed by atoms with Crippen LogP contribution in [0, 0.1) is 19.8 Å². The molecule has 0 amide bonds. The van der Waals surface area contributed by atoms with Gasteiger partial charge in [-0.15, -0.1) is 11.8 Å². The molecule has 0 bridgehead atoms. The highest BCUT2D eigenvalue weighted by atomic mass is 32.2. The van der Waals surface area contributed by atoms with E-state index in [0.29, 0.717) is 17.2 Å². The highest BCUT2D eigenvalue weighted by molar-refractivity contribution is 8.00. The predicted octanol–water partition coefficient (Wildman–Crippen LogP) is 3.69. The van der Waals surface area contributed by atoms with E-state index < -0.39 is 0 Å². The molecule has 0 saturated heterocycles. The van der Waals surface area contributed by atoms with Crippen molar-refractivity contribution < 1.29 is 0 Å². The Morgan fingerprint density at radius 1 is 1.12 bits per heavy atom. The van der Waals surface area contributed by atoms with Crippen LogP contribution in [0.2, 0.25) is 0 Å². The van der Waals surface area contributed by atoms with Gasteiger partial charge in [0.05, 0.1) is 0 Å². The molecule has 1 heterocycles. The van der Waals surface area contributed by atoms with Gasteiger partial charge in [-0.3, -0.25) is 0 Å². The second-order valence-corrected chi connectivity index (χ2v) is 6.34. The van der Waals surface area contributed by atoms with Gasteiger partial charge in [0.15, 0.2) is 0 Å². The van der Waals surface area contributed by atoms with Crippen LogP contribution in [0.1, 0.15) is 36.6 Å². The average Bonchev–Trinajstić information content (AvgIpc) is 2.24. The molecule has 2 rings (SSSR count). The van der Waals surface area contributed by atoms with Crippen LogP contribution in [0.3, 0.4) is 0 Å². The maximum absolute atomic E-state index is 3.47. The number of nitrogens with one attached hydrogen (secondary N) is 1. The largest absolute Gasteiger partial charge is 0.313 e. The van der Waals surface area contributed by atoms with Crippen molar-refractivity contribution in [1.82, 2.24) is 5.32 Å². The van der Waals surface area contributed by atoms with Crippen molar-refractivity contribution in [3.05, 3.63) is 28.8 Å². The molecule has 88 valence electrons. The number of hydrogen-bond acceptors (Lipinski definition) is 2. The van der Waals surface area contributed by atoms with E-state index in [2.05, 4.69) is 52.2 Å². The number of benzene rings is 1. The van der Waals surface area contributed by atoms with E-state index in [1.807, 2.05) is 11.8 Å². The van der Waals surface area contributed by atoms with Gasteiger partial charge in [-0.25, -0.2) is 0 Å². The molecule has 3 unspecified atom stereocenters. The van der Waals surface area contributed by atoms with E-state index in [9.17, 15) is 0 Å². The van der Waals surface area contributed by atoms with Crippen LogP contribution in [0.4, 0.5) is 0 Å². The van der Waals surface area contributed by atoms with Crippen LogP contribution in [0.5, 0.6) is 0 Å². The zero-order valence-electron chi connectivity index (χ0n) is 10.8. The number of aryl methyl sites for hydroxylation is 2. The van der Waals surface area contributed by atoms with Crippen molar-refractivity contribution in [2.75, 3.05) is 7.05 Å². The average molecular weight is 235 g/mol. The second kappa shape index (κ2) is 4.42. The van der Waals surface area contributed by atoms with Crippen LogP contribution in [-0.4, -0.2) is 12.3 Å². The SMILES string of the molecule is CNC1c2cc(C)c(C)cc2SC(C)C1C. The Morgan fingerprint density at radius 2 is 1.75 bits per heavy atom. The lowest BCUT2D eigenvalue weighted by molar-refractivity contribution is 0.396. The Morgan fingerprint density at radius 3 is 2.38 bits per heavy atom. The molecule has 0 saturated carbocycles. The molecule has 0 aromatic heterocycles. The molecule has 0 aliphatic carbocycles. The van der Waals surface area contributed by atoms with Crippen LogP contribution in [0.25, 0.3) is 0 Å². The number of fused-ring (bicyclic) bond motifs is 1. The van der Waals surface area contributed by atoms with Crippen LogP contribution < -0.4 is 5.32 Å². The number of rotatable bonds is 1. The molecule has 1 aromatic carbocycles. The van der Waals surface area contributed by atoms with Gasteiger partial charge in [0, 0.05) is 16.2 Å². The zero-order chi connectivity index (χ0) is 11.9. The molecule has 1 aliphatic rings. The van der Waals surface area contributed by atoms with Crippen molar-refractivity contribution >= 4 is 11.8 Å². The lowest BCUT2D eigenvalue weighted by atomic mass is 9.90. The van der Waals surface area contributed by atoms with E-state index >= 15 is 0 Å². The highest BCUT2D eigenvalue weighted by Crippen LogP contribution is 2.44. The summed E-state index contributed by atoms with van der Waals surface area (Å²) in [5, 5.41) is 4.16. The Balaban J connectivity index is 2.51. The normalized spacial score (nSPS) is 28.9. The molecule has 1 aromatic rings. The second-order valence-electron chi connectivity index (χ2n) is 4.92. The molecule has 0 fully saturated rings. The van der Waals surface area contributed by atoms with Crippen LogP contribution >= 0.6 is 11.8 Å². The van der Waals surface area contributed by atoms with Gasteiger partial charge >= 0.3 is 0 Å². The third-order valence-corrected chi connectivity index (χ3v) is 5.26. The Kier molecular flexibility index (Phi) is 3.32. The maximum atomic E-state index is 3.47. The minimum Gasteiger partial charge on any atom is -0.313 e. The first-order chi connectivity index (χ1) is 7.54. The first kappa shape index (κ1) is 12.0. The van der Waals surface area contributed by atoms with Gasteiger partial charge in [0.25, 0.3) is 0 Å². The monoisotopic (exact) mass is 235 g/mol. The summed E-state index contributed by atoms with van der Waals surface area (Å²) in [6.45, 7) is 9.08. The summed E-state index contributed by atoms with van der Waals surface area (Å²) in [5.74, 6) is 0.685. The summed E-state index contributed by atoms with van der Waals surface area (Å²) in [5.41, 5.74) is 4.30. The van der Waals surface area contributed by atoms with Gasteiger partial charge in [-0.05, 0) is 49.6 Å². The molecule has 3 atom stereocenters. The third-order valence-electron chi connectivity index (χ3n) is 3.85. The summed E-state index contributed by atoms with van der Waals surface area (Å²) >= 11 is 2.02. The summed E-state index contributed by atoms with van der Waals surface area (Å²) in [6.07, 6.45) is 0. The topological polar surface area (TPSA) is 12.0 Å². The molecule has 2 heteroatoms. The Labute approximate surface area is 103 Å². The van der Waals surface area contributed by atoms with Crippen LogP contribution in [-0.2, 0) is 0 Å². The molecular formula is C14H21NS. The first-order valence-electron chi connectivity index (χ1n) is 5.99. The van der Waals surface area contributed by atoms with E-state index in [-0.39, 0.29) is 0 Å². The maximum Gasteiger partial charge on any atom is 0.0365 e. The van der Waals surface area contributed by atoms with Crippen molar-refractivity contribution in [3.63, 3.8) is 0 Å². The Bertz CT molecular complexity index is 400. The van der Waals surface area contributed by atoms with Crippen molar-refractivity contribution in [3.8, 4) is 0 Å². The van der Waals surface area contributed by atoms with E-state index in [0.717, 1.165) is 0 Å². The van der Waals surface area contributed by atoms with Crippen molar-refractivity contribution in [1.29, 1.82) is 0 Å². The van der Waals surface area contributed by atoms with Gasteiger partial charge in [0.1, 0.15) is 0 Å².